The van der Waals surface area contributed by atoms with Crippen molar-refractivity contribution in [1.29, 1.82) is 5.26 Å². The number of pyridine rings is 1. The van der Waals surface area contributed by atoms with Crippen LogP contribution in [0.25, 0.3) is 0 Å². The van der Waals surface area contributed by atoms with Crippen molar-refractivity contribution >= 4 is 0 Å². The summed E-state index contributed by atoms with van der Waals surface area (Å²) in [6.07, 6.45) is 0. The molecule has 0 fully saturated rings. The molecule has 5 heteroatoms. The predicted octanol–water partition coefficient (Wildman–Crippen LogP) is 3.38. The predicted molar refractivity (Wildman–Crippen MR) is 78.0 cm³/mol. The first-order chi connectivity index (χ1) is 10.1. The van der Waals surface area contributed by atoms with Crippen LogP contribution in [0.15, 0.2) is 24.3 Å². The maximum absolute atomic E-state index is 9.29. The number of hydrogen-bond donors (Lipinski definition) is 0. The highest BCUT2D eigenvalue weighted by molar-refractivity contribution is 5.55. The fraction of sp³-hybridized carbons (Fsp3) is 0.250. The second-order valence-corrected chi connectivity index (χ2v) is 4.47. The lowest BCUT2D eigenvalue weighted by atomic mass is 10.1. The van der Waals surface area contributed by atoms with E-state index < -0.39 is 0 Å². The van der Waals surface area contributed by atoms with Crippen LogP contribution >= 0.6 is 0 Å². The van der Waals surface area contributed by atoms with Gasteiger partial charge >= 0.3 is 0 Å². The van der Waals surface area contributed by atoms with Crippen molar-refractivity contribution in [2.45, 2.75) is 13.8 Å². The molecule has 0 saturated carbocycles. The summed E-state index contributed by atoms with van der Waals surface area (Å²) in [5.74, 6) is 1.67. The van der Waals surface area contributed by atoms with Crippen LogP contribution in [0.1, 0.15) is 16.8 Å². The molecule has 2 rings (SSSR count). The van der Waals surface area contributed by atoms with Crippen molar-refractivity contribution in [3.05, 3.63) is 41.1 Å². The Hall–Kier alpha value is -2.74. The van der Waals surface area contributed by atoms with Gasteiger partial charge in [-0.25, -0.2) is 4.98 Å². The highest BCUT2D eigenvalue weighted by Crippen LogP contribution is 2.40. The number of methoxy groups -OCH3 is 2. The quantitative estimate of drug-likeness (QED) is 0.861. The van der Waals surface area contributed by atoms with Crippen molar-refractivity contribution in [2.24, 2.45) is 0 Å². The largest absolute Gasteiger partial charge is 0.493 e. The van der Waals surface area contributed by atoms with Gasteiger partial charge < -0.3 is 14.2 Å². The van der Waals surface area contributed by atoms with Crippen molar-refractivity contribution in [3.63, 3.8) is 0 Å². The minimum atomic E-state index is 0.248. The van der Waals surface area contributed by atoms with Gasteiger partial charge in [0.05, 0.1) is 14.2 Å². The third-order valence-corrected chi connectivity index (χ3v) is 3.00. The number of nitriles is 1. The van der Waals surface area contributed by atoms with Gasteiger partial charge in [-0.15, -0.1) is 0 Å². The number of hydrogen-bond acceptors (Lipinski definition) is 5. The van der Waals surface area contributed by atoms with Gasteiger partial charge in [0.15, 0.2) is 11.5 Å². The SMILES string of the molecule is COc1cccc(OC)c1Oc1nc(C)cc(C)c1C#N. The highest BCUT2D eigenvalue weighted by Gasteiger charge is 2.17. The van der Waals surface area contributed by atoms with Crippen LogP contribution in [-0.4, -0.2) is 19.2 Å². The van der Waals surface area contributed by atoms with Crippen LogP contribution in [0.3, 0.4) is 0 Å². The number of aromatic nitrogens is 1. The molecule has 0 saturated heterocycles. The molecule has 0 radical (unpaired) electrons. The van der Waals surface area contributed by atoms with Crippen molar-refractivity contribution in [2.75, 3.05) is 14.2 Å². The second-order valence-electron chi connectivity index (χ2n) is 4.47. The number of ether oxygens (including phenoxy) is 3. The van der Waals surface area contributed by atoms with Gasteiger partial charge in [0.1, 0.15) is 11.6 Å². The smallest absolute Gasteiger partial charge is 0.238 e. The number of aryl methyl sites for hydroxylation is 2. The summed E-state index contributed by atoms with van der Waals surface area (Å²) in [5, 5.41) is 9.29. The fourth-order valence-corrected chi connectivity index (χ4v) is 2.03. The van der Waals surface area contributed by atoms with Crippen LogP contribution in [0.5, 0.6) is 23.1 Å². The molecule has 5 nitrogen and oxygen atoms in total. The van der Waals surface area contributed by atoms with E-state index >= 15 is 0 Å². The number of nitrogens with zero attached hydrogens (tertiary/aromatic N) is 2. The summed E-state index contributed by atoms with van der Waals surface area (Å²) < 4.78 is 16.4. The first kappa shape index (κ1) is 14.7. The van der Waals surface area contributed by atoms with Crippen LogP contribution in [-0.2, 0) is 0 Å². The molecule has 0 unspecified atom stereocenters. The third-order valence-electron chi connectivity index (χ3n) is 3.00. The lowest BCUT2D eigenvalue weighted by molar-refractivity contribution is 0.341. The molecule has 0 aliphatic carbocycles. The summed E-state index contributed by atoms with van der Waals surface area (Å²) >= 11 is 0. The summed E-state index contributed by atoms with van der Waals surface area (Å²) in [7, 11) is 3.09. The minimum absolute atomic E-state index is 0.248. The maximum atomic E-state index is 9.29. The van der Waals surface area contributed by atoms with E-state index in [0.717, 1.165) is 11.3 Å². The summed E-state index contributed by atoms with van der Waals surface area (Å²) in [6, 6.07) is 9.26. The van der Waals surface area contributed by atoms with Crippen molar-refractivity contribution in [3.8, 4) is 29.2 Å². The Kier molecular flexibility index (Phi) is 4.29. The zero-order valence-electron chi connectivity index (χ0n) is 12.4. The van der Waals surface area contributed by atoms with Gasteiger partial charge in [-0.2, -0.15) is 5.26 Å². The first-order valence-electron chi connectivity index (χ1n) is 6.38. The zero-order chi connectivity index (χ0) is 15.4. The van der Waals surface area contributed by atoms with Crippen LogP contribution in [0.4, 0.5) is 0 Å². The number of rotatable bonds is 4. The lowest BCUT2D eigenvalue weighted by Gasteiger charge is -2.14. The van der Waals surface area contributed by atoms with E-state index in [0.29, 0.717) is 22.8 Å². The molecule has 1 heterocycles. The molecule has 0 aliphatic heterocycles. The van der Waals surface area contributed by atoms with Gasteiger partial charge in [-0.3, -0.25) is 0 Å². The van der Waals surface area contributed by atoms with Crippen molar-refractivity contribution < 1.29 is 14.2 Å². The second kappa shape index (κ2) is 6.14. The van der Waals surface area contributed by atoms with E-state index in [1.54, 1.807) is 32.4 Å². The Morgan fingerprint density at radius 1 is 1.10 bits per heavy atom. The molecule has 0 aliphatic rings. The van der Waals surface area contributed by atoms with Gasteiger partial charge in [0.25, 0.3) is 0 Å². The van der Waals surface area contributed by atoms with E-state index in [1.165, 1.54) is 0 Å². The Balaban J connectivity index is 2.55. The average molecular weight is 284 g/mol. The standard InChI is InChI=1S/C16H16N2O3/c1-10-8-11(2)18-16(12(10)9-17)21-15-13(19-3)6-5-7-14(15)20-4/h5-8H,1-4H3. The van der Waals surface area contributed by atoms with E-state index in [9.17, 15) is 5.26 Å². The van der Waals surface area contributed by atoms with E-state index in [4.69, 9.17) is 14.2 Å². The lowest BCUT2D eigenvalue weighted by Crippen LogP contribution is -2.00. The Labute approximate surface area is 123 Å². The molecule has 0 amide bonds. The molecule has 0 N–H and O–H groups in total. The van der Waals surface area contributed by atoms with Crippen molar-refractivity contribution in [1.82, 2.24) is 4.98 Å². The molecular formula is C16H16N2O3. The molecule has 1 aromatic carbocycles. The number of para-hydroxylation sites is 1. The molecule has 108 valence electrons. The van der Waals surface area contributed by atoms with Crippen LogP contribution in [0.2, 0.25) is 0 Å². The third kappa shape index (κ3) is 2.90. The Bertz CT molecular complexity index is 683. The minimum Gasteiger partial charge on any atom is -0.493 e. The van der Waals surface area contributed by atoms with Crippen LogP contribution in [0, 0.1) is 25.2 Å². The first-order valence-corrected chi connectivity index (χ1v) is 6.38. The fourth-order valence-electron chi connectivity index (χ4n) is 2.03. The summed E-state index contributed by atoms with van der Waals surface area (Å²) in [6.45, 7) is 3.69. The van der Waals surface area contributed by atoms with Gasteiger partial charge in [0, 0.05) is 5.69 Å². The normalized spacial score (nSPS) is 9.86. The molecular weight excluding hydrogens is 268 g/mol. The monoisotopic (exact) mass is 284 g/mol. The molecule has 0 spiro atoms. The molecule has 0 atom stereocenters. The maximum Gasteiger partial charge on any atom is 0.238 e. The van der Waals surface area contributed by atoms with Gasteiger partial charge in [0.2, 0.25) is 11.6 Å². The van der Waals surface area contributed by atoms with Gasteiger partial charge in [-0.05, 0) is 37.6 Å². The van der Waals surface area contributed by atoms with Gasteiger partial charge in [-0.1, -0.05) is 6.07 Å². The van der Waals surface area contributed by atoms with E-state index in [-0.39, 0.29) is 5.88 Å². The molecule has 0 bridgehead atoms. The Morgan fingerprint density at radius 2 is 1.71 bits per heavy atom. The molecule has 21 heavy (non-hydrogen) atoms. The zero-order valence-corrected chi connectivity index (χ0v) is 12.4. The highest BCUT2D eigenvalue weighted by atomic mass is 16.5. The number of benzene rings is 1. The average Bonchev–Trinajstić information content (AvgIpc) is 2.47. The van der Waals surface area contributed by atoms with E-state index in [2.05, 4.69) is 11.1 Å². The Morgan fingerprint density at radius 3 is 2.24 bits per heavy atom. The molecule has 2 aromatic rings. The topological polar surface area (TPSA) is 64.4 Å². The van der Waals surface area contributed by atoms with Crippen LogP contribution < -0.4 is 14.2 Å². The molecule has 1 aromatic heterocycles. The van der Waals surface area contributed by atoms with E-state index in [1.807, 2.05) is 19.9 Å². The summed E-state index contributed by atoms with van der Waals surface area (Å²) in [4.78, 5) is 4.30. The summed E-state index contributed by atoms with van der Waals surface area (Å²) in [5.41, 5.74) is 1.98.